The molecule has 0 saturated carbocycles. The van der Waals surface area contributed by atoms with Crippen LogP contribution in [0.3, 0.4) is 0 Å². The molecule has 1 aliphatic heterocycles. The molecule has 3 aromatic carbocycles. The van der Waals surface area contributed by atoms with E-state index in [1.807, 2.05) is 32.0 Å². The standard InChI is InChI=1S/C29H26N2O5S/c1-4-15-36-21-12-8-19(9-13-21)26(32)24-25(18-6-10-20(35-3)11-7-18)31(28(34)27(24)33)29-30-22-14-5-17(2)16-23(22)37-29/h5-14,16,25,32H,4,15H2,1-3H3. The van der Waals surface area contributed by atoms with Crippen molar-refractivity contribution < 1.29 is 24.2 Å². The van der Waals surface area contributed by atoms with Crippen LogP contribution in [0.5, 0.6) is 11.5 Å². The maximum atomic E-state index is 13.4. The third kappa shape index (κ3) is 4.56. The number of aliphatic hydroxyl groups excluding tert-OH is 1. The highest BCUT2D eigenvalue weighted by Gasteiger charge is 2.48. The molecule has 0 radical (unpaired) electrons. The second-order valence-corrected chi connectivity index (χ2v) is 9.79. The van der Waals surface area contributed by atoms with Crippen LogP contribution in [0.2, 0.25) is 0 Å². The van der Waals surface area contributed by atoms with E-state index in [0.717, 1.165) is 22.2 Å². The molecule has 1 unspecified atom stereocenters. The van der Waals surface area contributed by atoms with E-state index in [-0.39, 0.29) is 11.3 Å². The Hall–Kier alpha value is -4.17. The Morgan fingerprint density at radius 1 is 1.03 bits per heavy atom. The molecular weight excluding hydrogens is 488 g/mol. The van der Waals surface area contributed by atoms with Crippen LogP contribution in [0.4, 0.5) is 5.13 Å². The van der Waals surface area contributed by atoms with E-state index in [1.165, 1.54) is 16.2 Å². The third-order valence-electron chi connectivity index (χ3n) is 6.22. The topological polar surface area (TPSA) is 89.0 Å². The average molecular weight is 515 g/mol. The van der Waals surface area contributed by atoms with Gasteiger partial charge in [0.1, 0.15) is 17.3 Å². The van der Waals surface area contributed by atoms with Gasteiger partial charge < -0.3 is 14.6 Å². The summed E-state index contributed by atoms with van der Waals surface area (Å²) in [7, 11) is 1.57. The number of aryl methyl sites for hydroxylation is 1. The van der Waals surface area contributed by atoms with Crippen LogP contribution in [-0.2, 0) is 9.59 Å². The molecule has 7 nitrogen and oxygen atoms in total. The first-order chi connectivity index (χ1) is 17.9. The minimum atomic E-state index is -0.858. The highest BCUT2D eigenvalue weighted by molar-refractivity contribution is 7.22. The SMILES string of the molecule is CCCOc1ccc(C(O)=C2C(=O)C(=O)N(c3nc4ccc(C)cc4s3)C2c2ccc(OC)cc2)cc1. The lowest BCUT2D eigenvalue weighted by Gasteiger charge is -2.23. The van der Waals surface area contributed by atoms with Crippen LogP contribution in [0, 0.1) is 6.92 Å². The second kappa shape index (κ2) is 10.1. The summed E-state index contributed by atoms with van der Waals surface area (Å²) < 4.78 is 11.8. The third-order valence-corrected chi connectivity index (χ3v) is 7.23. The Labute approximate surface area is 218 Å². The van der Waals surface area contributed by atoms with Gasteiger partial charge in [-0.05, 0) is 73.0 Å². The van der Waals surface area contributed by atoms with Gasteiger partial charge >= 0.3 is 5.91 Å². The van der Waals surface area contributed by atoms with Gasteiger partial charge in [0.05, 0.1) is 35.5 Å². The lowest BCUT2D eigenvalue weighted by atomic mass is 9.95. The number of methoxy groups -OCH3 is 1. The van der Waals surface area contributed by atoms with Crippen molar-refractivity contribution in [1.82, 2.24) is 4.98 Å². The Balaban J connectivity index is 1.64. The molecule has 1 N–H and O–H groups in total. The molecule has 0 aliphatic carbocycles. The number of aliphatic hydroxyl groups is 1. The normalized spacial score (nSPS) is 16.9. The van der Waals surface area contributed by atoms with Crippen molar-refractivity contribution in [1.29, 1.82) is 0 Å². The number of hydrogen-bond acceptors (Lipinski definition) is 7. The van der Waals surface area contributed by atoms with Gasteiger partial charge in [-0.15, -0.1) is 0 Å². The molecule has 8 heteroatoms. The number of anilines is 1. The van der Waals surface area contributed by atoms with E-state index in [4.69, 9.17) is 9.47 Å². The summed E-state index contributed by atoms with van der Waals surface area (Å²) in [5, 5.41) is 11.7. The Bertz CT molecular complexity index is 1510. The van der Waals surface area contributed by atoms with Gasteiger partial charge in [-0.3, -0.25) is 14.5 Å². The fourth-order valence-electron chi connectivity index (χ4n) is 4.34. The molecule has 4 aromatic rings. The summed E-state index contributed by atoms with van der Waals surface area (Å²) in [4.78, 5) is 32.9. The minimum absolute atomic E-state index is 0.00725. The molecule has 1 fully saturated rings. The average Bonchev–Trinajstić information content (AvgIpc) is 3.45. The molecule has 1 aliphatic rings. The van der Waals surface area contributed by atoms with E-state index >= 15 is 0 Å². The number of Topliss-reactive ketones (excluding diaryl/α,β-unsaturated/α-hetero) is 1. The number of carbonyl (C=O) groups excluding carboxylic acids is 2. The van der Waals surface area contributed by atoms with Gasteiger partial charge in [-0.25, -0.2) is 4.98 Å². The second-order valence-electron chi connectivity index (χ2n) is 8.78. The highest BCUT2D eigenvalue weighted by Crippen LogP contribution is 2.44. The number of carbonyl (C=O) groups is 2. The molecule has 2 heterocycles. The molecule has 1 aromatic heterocycles. The van der Waals surface area contributed by atoms with Crippen molar-refractivity contribution in [2.45, 2.75) is 26.3 Å². The van der Waals surface area contributed by atoms with Crippen molar-refractivity contribution in [3.05, 3.63) is 89.0 Å². The number of aromatic nitrogens is 1. The summed E-state index contributed by atoms with van der Waals surface area (Å²) in [5.74, 6) is -0.448. The maximum Gasteiger partial charge on any atom is 0.301 e. The summed E-state index contributed by atoms with van der Waals surface area (Å²) in [6, 6.07) is 18.9. The number of benzene rings is 3. The predicted molar refractivity (Wildman–Crippen MR) is 144 cm³/mol. The smallest absolute Gasteiger partial charge is 0.301 e. The van der Waals surface area contributed by atoms with Crippen LogP contribution in [0.1, 0.15) is 36.1 Å². The molecule has 1 atom stereocenters. The number of thiazole rings is 1. The van der Waals surface area contributed by atoms with Crippen molar-refractivity contribution in [3.8, 4) is 11.5 Å². The van der Waals surface area contributed by atoms with E-state index in [9.17, 15) is 14.7 Å². The minimum Gasteiger partial charge on any atom is -0.507 e. The molecule has 188 valence electrons. The molecular formula is C29H26N2O5S. The molecule has 0 spiro atoms. The quantitative estimate of drug-likeness (QED) is 0.184. The van der Waals surface area contributed by atoms with Crippen LogP contribution < -0.4 is 14.4 Å². The Morgan fingerprint density at radius 2 is 1.73 bits per heavy atom. The van der Waals surface area contributed by atoms with E-state index in [1.54, 1.807) is 55.6 Å². The molecule has 5 rings (SSSR count). The number of hydrogen-bond donors (Lipinski definition) is 1. The van der Waals surface area contributed by atoms with Crippen LogP contribution in [0.15, 0.2) is 72.3 Å². The summed E-state index contributed by atoms with van der Waals surface area (Å²) >= 11 is 1.34. The number of amides is 1. The number of nitrogens with zero attached hydrogens (tertiary/aromatic N) is 2. The van der Waals surface area contributed by atoms with Gasteiger partial charge in [0.15, 0.2) is 5.13 Å². The van der Waals surface area contributed by atoms with Crippen LogP contribution in [-0.4, -0.2) is 35.5 Å². The first-order valence-electron chi connectivity index (χ1n) is 12.0. The maximum absolute atomic E-state index is 13.4. The predicted octanol–water partition coefficient (Wildman–Crippen LogP) is 6.03. The van der Waals surface area contributed by atoms with Crippen LogP contribution in [0.25, 0.3) is 16.0 Å². The van der Waals surface area contributed by atoms with Crippen molar-refractivity contribution in [2.24, 2.45) is 0 Å². The van der Waals surface area contributed by atoms with E-state index < -0.39 is 17.7 Å². The van der Waals surface area contributed by atoms with Crippen molar-refractivity contribution in [3.63, 3.8) is 0 Å². The van der Waals surface area contributed by atoms with Crippen molar-refractivity contribution >= 4 is 44.1 Å². The number of fused-ring (bicyclic) bond motifs is 1. The molecule has 37 heavy (non-hydrogen) atoms. The zero-order chi connectivity index (χ0) is 26.1. The largest absolute Gasteiger partial charge is 0.507 e. The first-order valence-corrected chi connectivity index (χ1v) is 12.8. The fraction of sp³-hybridized carbons (Fsp3) is 0.207. The van der Waals surface area contributed by atoms with E-state index in [2.05, 4.69) is 4.98 Å². The first kappa shape index (κ1) is 24.5. The summed E-state index contributed by atoms with van der Waals surface area (Å²) in [5.41, 5.74) is 2.89. The molecule has 1 saturated heterocycles. The van der Waals surface area contributed by atoms with Crippen molar-refractivity contribution in [2.75, 3.05) is 18.6 Å². The van der Waals surface area contributed by atoms with Gasteiger partial charge in [0.25, 0.3) is 5.78 Å². The van der Waals surface area contributed by atoms with Gasteiger partial charge in [0.2, 0.25) is 0 Å². The lowest BCUT2D eigenvalue weighted by molar-refractivity contribution is -0.132. The number of ether oxygens (including phenoxy) is 2. The zero-order valence-electron chi connectivity index (χ0n) is 20.7. The summed E-state index contributed by atoms with van der Waals surface area (Å²) in [6.45, 7) is 4.58. The van der Waals surface area contributed by atoms with E-state index in [0.29, 0.717) is 34.4 Å². The van der Waals surface area contributed by atoms with Gasteiger partial charge in [-0.2, -0.15) is 0 Å². The van der Waals surface area contributed by atoms with Gasteiger partial charge in [0, 0.05) is 5.56 Å². The summed E-state index contributed by atoms with van der Waals surface area (Å²) in [6.07, 6.45) is 0.873. The number of rotatable bonds is 7. The molecule has 0 bridgehead atoms. The Morgan fingerprint density at radius 3 is 2.41 bits per heavy atom. The molecule has 1 amide bonds. The van der Waals surface area contributed by atoms with Gasteiger partial charge in [-0.1, -0.05) is 36.5 Å². The fourth-order valence-corrected chi connectivity index (χ4v) is 5.43. The Kier molecular flexibility index (Phi) is 6.67. The zero-order valence-corrected chi connectivity index (χ0v) is 21.5. The van der Waals surface area contributed by atoms with Crippen LogP contribution >= 0.6 is 11.3 Å². The monoisotopic (exact) mass is 514 g/mol. The number of ketones is 1. The highest BCUT2D eigenvalue weighted by atomic mass is 32.1. The lowest BCUT2D eigenvalue weighted by Crippen LogP contribution is -2.29.